The molecular formula is C35H38N6O2. The molecule has 5 rings (SSSR count). The van der Waals surface area contributed by atoms with Crippen LogP contribution in [-0.2, 0) is 44.0 Å². The van der Waals surface area contributed by atoms with Gasteiger partial charge in [-0.3, -0.25) is 29.7 Å². The van der Waals surface area contributed by atoms with Crippen LogP contribution in [0.15, 0.2) is 116 Å². The Hall–Kier alpha value is -4.50. The van der Waals surface area contributed by atoms with Gasteiger partial charge in [-0.1, -0.05) is 30.3 Å². The molecule has 0 N–H and O–H groups in total. The zero-order valence-corrected chi connectivity index (χ0v) is 24.6. The molecule has 4 aromatic heterocycles. The summed E-state index contributed by atoms with van der Waals surface area (Å²) >= 11 is 0. The van der Waals surface area contributed by atoms with Crippen molar-refractivity contribution < 1.29 is 9.47 Å². The number of hydrogen-bond acceptors (Lipinski definition) is 8. The smallest absolute Gasteiger partial charge is 0.189 e. The van der Waals surface area contributed by atoms with E-state index in [1.807, 2.05) is 80.2 Å². The predicted molar refractivity (Wildman–Crippen MR) is 166 cm³/mol. The van der Waals surface area contributed by atoms with Crippen LogP contribution in [0.2, 0.25) is 0 Å². The molecule has 220 valence electrons. The van der Waals surface area contributed by atoms with Crippen LogP contribution in [0.4, 0.5) is 0 Å². The summed E-state index contributed by atoms with van der Waals surface area (Å²) in [7, 11) is 0. The van der Waals surface area contributed by atoms with Gasteiger partial charge in [-0.15, -0.1) is 0 Å². The van der Waals surface area contributed by atoms with Crippen molar-refractivity contribution in [3.8, 4) is 5.75 Å². The van der Waals surface area contributed by atoms with Gasteiger partial charge in [-0.25, -0.2) is 0 Å². The van der Waals surface area contributed by atoms with Crippen LogP contribution >= 0.6 is 0 Å². The number of rotatable bonds is 16. The van der Waals surface area contributed by atoms with E-state index in [0.29, 0.717) is 45.9 Å². The van der Waals surface area contributed by atoms with Gasteiger partial charge < -0.3 is 9.47 Å². The van der Waals surface area contributed by atoms with E-state index >= 15 is 0 Å². The van der Waals surface area contributed by atoms with E-state index in [9.17, 15) is 0 Å². The van der Waals surface area contributed by atoms with E-state index in [1.54, 1.807) is 0 Å². The summed E-state index contributed by atoms with van der Waals surface area (Å²) in [5, 5.41) is 0. The summed E-state index contributed by atoms with van der Waals surface area (Å²) in [5.74, 6) is 0.784. The quantitative estimate of drug-likeness (QED) is 0.104. The zero-order valence-electron chi connectivity index (χ0n) is 24.6. The first-order valence-electron chi connectivity index (χ1n) is 14.6. The highest BCUT2D eigenvalue weighted by molar-refractivity contribution is 5.35. The topological polar surface area (TPSA) is 76.5 Å². The van der Waals surface area contributed by atoms with Gasteiger partial charge in [0.2, 0.25) is 0 Å². The molecule has 8 heteroatoms. The van der Waals surface area contributed by atoms with Gasteiger partial charge in [-0.05, 0) is 78.7 Å². The molecular weight excluding hydrogens is 536 g/mol. The molecule has 0 saturated carbocycles. The van der Waals surface area contributed by atoms with Crippen molar-refractivity contribution in [2.75, 3.05) is 13.4 Å². The molecule has 0 amide bonds. The van der Waals surface area contributed by atoms with Crippen LogP contribution in [0.3, 0.4) is 0 Å². The summed E-state index contributed by atoms with van der Waals surface area (Å²) in [6.45, 7) is 6.95. The van der Waals surface area contributed by atoms with Crippen LogP contribution < -0.4 is 4.74 Å². The van der Waals surface area contributed by atoms with Crippen molar-refractivity contribution in [1.82, 2.24) is 29.7 Å². The first kappa shape index (κ1) is 30.0. The summed E-state index contributed by atoms with van der Waals surface area (Å²) in [4.78, 5) is 23.1. The van der Waals surface area contributed by atoms with E-state index in [4.69, 9.17) is 9.47 Å². The molecule has 0 bridgehead atoms. The van der Waals surface area contributed by atoms with Crippen LogP contribution in [0.25, 0.3) is 0 Å². The number of nitrogens with zero attached hydrogens (tertiary/aromatic N) is 6. The molecule has 0 aliphatic carbocycles. The highest BCUT2D eigenvalue weighted by atomic mass is 16.7. The predicted octanol–water partition coefficient (Wildman–Crippen LogP) is 6.04. The first-order chi connectivity index (χ1) is 21.2. The average molecular weight is 575 g/mol. The highest BCUT2D eigenvalue weighted by Gasteiger charge is 2.15. The Morgan fingerprint density at radius 3 is 1.23 bits per heavy atom. The van der Waals surface area contributed by atoms with E-state index < -0.39 is 0 Å². The van der Waals surface area contributed by atoms with Crippen LogP contribution in [0.5, 0.6) is 5.75 Å². The molecule has 43 heavy (non-hydrogen) atoms. The third-order valence-electron chi connectivity index (χ3n) is 6.80. The lowest BCUT2D eigenvalue weighted by Gasteiger charge is -2.24. The molecule has 0 fully saturated rings. The van der Waals surface area contributed by atoms with Gasteiger partial charge in [0.15, 0.2) is 6.79 Å². The minimum Gasteiger partial charge on any atom is -0.468 e. The SMILES string of the molecule is CCOCOc1cc(CN(Cc2ccccn2)Cc2ccccn2)cc(CN(Cc2ccccn2)Cc2ccccn2)c1. The number of aromatic nitrogens is 4. The largest absolute Gasteiger partial charge is 0.468 e. The molecule has 0 saturated heterocycles. The van der Waals surface area contributed by atoms with E-state index in [0.717, 1.165) is 39.7 Å². The second-order valence-corrected chi connectivity index (χ2v) is 10.3. The second kappa shape index (κ2) is 16.2. The van der Waals surface area contributed by atoms with Gasteiger partial charge in [0, 0.05) is 70.7 Å². The first-order valence-corrected chi connectivity index (χ1v) is 14.6. The van der Waals surface area contributed by atoms with Gasteiger partial charge in [0.25, 0.3) is 0 Å². The maximum absolute atomic E-state index is 6.06. The van der Waals surface area contributed by atoms with E-state index in [1.165, 1.54) is 0 Å². The Balaban J connectivity index is 1.41. The Morgan fingerprint density at radius 2 is 0.907 bits per heavy atom. The monoisotopic (exact) mass is 574 g/mol. The van der Waals surface area contributed by atoms with Crippen molar-refractivity contribution in [1.29, 1.82) is 0 Å². The molecule has 0 radical (unpaired) electrons. The number of pyridine rings is 4. The Kier molecular flexibility index (Phi) is 11.3. The molecule has 0 atom stereocenters. The minimum atomic E-state index is 0.205. The Bertz CT molecular complexity index is 1300. The summed E-state index contributed by atoms with van der Waals surface area (Å²) in [6.07, 6.45) is 7.36. The summed E-state index contributed by atoms with van der Waals surface area (Å²) < 4.78 is 11.6. The highest BCUT2D eigenvalue weighted by Crippen LogP contribution is 2.23. The zero-order chi connectivity index (χ0) is 29.5. The van der Waals surface area contributed by atoms with Gasteiger partial charge in [0.05, 0.1) is 22.8 Å². The molecule has 0 aliphatic rings. The maximum atomic E-state index is 6.06. The fourth-order valence-electron chi connectivity index (χ4n) is 4.92. The fraction of sp³-hybridized carbons (Fsp3) is 0.257. The van der Waals surface area contributed by atoms with E-state index in [-0.39, 0.29) is 6.79 Å². The molecule has 0 unspecified atom stereocenters. The van der Waals surface area contributed by atoms with Crippen LogP contribution in [0.1, 0.15) is 40.8 Å². The van der Waals surface area contributed by atoms with Crippen molar-refractivity contribution >= 4 is 0 Å². The lowest BCUT2D eigenvalue weighted by molar-refractivity contribution is 0.0222. The van der Waals surface area contributed by atoms with Crippen molar-refractivity contribution in [2.45, 2.75) is 46.2 Å². The molecule has 0 spiro atoms. The van der Waals surface area contributed by atoms with E-state index in [2.05, 4.69) is 72.2 Å². The Morgan fingerprint density at radius 1 is 0.512 bits per heavy atom. The van der Waals surface area contributed by atoms with Crippen molar-refractivity contribution in [2.24, 2.45) is 0 Å². The number of hydrogen-bond donors (Lipinski definition) is 0. The van der Waals surface area contributed by atoms with Crippen LogP contribution in [0, 0.1) is 0 Å². The third kappa shape index (κ3) is 10.1. The maximum Gasteiger partial charge on any atom is 0.189 e. The fourth-order valence-corrected chi connectivity index (χ4v) is 4.92. The average Bonchev–Trinajstić information content (AvgIpc) is 3.03. The molecule has 8 nitrogen and oxygen atoms in total. The summed E-state index contributed by atoms with van der Waals surface area (Å²) in [5.41, 5.74) is 6.34. The lowest BCUT2D eigenvalue weighted by Crippen LogP contribution is -2.25. The lowest BCUT2D eigenvalue weighted by atomic mass is 10.1. The van der Waals surface area contributed by atoms with Crippen molar-refractivity contribution in [3.05, 3.63) is 150 Å². The molecule has 5 aromatic rings. The Labute approximate surface area is 254 Å². The molecule has 0 aliphatic heterocycles. The van der Waals surface area contributed by atoms with Gasteiger partial charge >= 0.3 is 0 Å². The summed E-state index contributed by atoms with van der Waals surface area (Å²) in [6, 6.07) is 30.6. The molecule has 1 aromatic carbocycles. The van der Waals surface area contributed by atoms with Gasteiger partial charge in [-0.2, -0.15) is 0 Å². The second-order valence-electron chi connectivity index (χ2n) is 10.3. The van der Waals surface area contributed by atoms with Crippen molar-refractivity contribution in [3.63, 3.8) is 0 Å². The van der Waals surface area contributed by atoms with Crippen LogP contribution in [-0.4, -0.2) is 43.1 Å². The normalized spacial score (nSPS) is 11.2. The van der Waals surface area contributed by atoms with Gasteiger partial charge in [0.1, 0.15) is 5.75 Å². The number of ether oxygens (including phenoxy) is 2. The minimum absolute atomic E-state index is 0.205. The molecule has 4 heterocycles. The third-order valence-corrected chi connectivity index (χ3v) is 6.80. The number of benzene rings is 1. The standard InChI is InChI=1S/C35H38N6O2/c1-2-42-28-43-35-20-29(22-40(24-31-11-3-7-15-36-31)25-32-12-4-8-16-37-32)19-30(21-35)23-41(26-33-13-5-9-17-38-33)27-34-14-6-10-18-39-34/h3-21H,2,22-28H2,1H3.